The number of alkyl halides is 3. The molecule has 0 aromatic heterocycles. The Morgan fingerprint density at radius 3 is 2.44 bits per heavy atom. The molecular weight excluding hydrogens is 413 g/mol. The number of halogens is 4. The summed E-state index contributed by atoms with van der Waals surface area (Å²) in [6.45, 7) is 0.0981. The van der Waals surface area contributed by atoms with E-state index in [1.165, 1.54) is 0 Å². The van der Waals surface area contributed by atoms with Crippen molar-refractivity contribution in [2.75, 3.05) is 18.5 Å². The van der Waals surface area contributed by atoms with Crippen molar-refractivity contribution in [3.05, 3.63) is 57.6 Å². The molecule has 7 nitrogen and oxygen atoms in total. The van der Waals surface area contributed by atoms with Crippen LogP contribution in [0.1, 0.15) is 0 Å². The molecule has 0 heterocycles. The third-order valence-corrected chi connectivity index (χ3v) is 5.09. The van der Waals surface area contributed by atoms with Gasteiger partial charge in [-0.1, -0.05) is 23.7 Å². The van der Waals surface area contributed by atoms with Gasteiger partial charge in [-0.25, -0.2) is 8.42 Å². The fourth-order valence-corrected chi connectivity index (χ4v) is 2.99. The number of nitro groups is 1. The summed E-state index contributed by atoms with van der Waals surface area (Å²) in [6, 6.07) is 8.52. The molecule has 0 aliphatic rings. The molecule has 0 unspecified atom stereocenters. The summed E-state index contributed by atoms with van der Waals surface area (Å²) in [5.74, 6) is 0.391. The van der Waals surface area contributed by atoms with E-state index in [1.807, 2.05) is 0 Å². The largest absolute Gasteiger partial charge is 0.501 e. The molecule has 0 radical (unpaired) electrons. The number of anilines is 1. The van der Waals surface area contributed by atoms with Crippen molar-refractivity contribution in [1.29, 1.82) is 0 Å². The Hall–Kier alpha value is -2.53. The molecule has 0 saturated heterocycles. The molecule has 0 fully saturated rings. The van der Waals surface area contributed by atoms with Gasteiger partial charge < -0.3 is 10.1 Å². The van der Waals surface area contributed by atoms with Gasteiger partial charge in [-0.05, 0) is 24.3 Å². The molecule has 0 atom stereocenters. The number of nitrogens with zero attached hydrogens (tertiary/aromatic N) is 1. The van der Waals surface area contributed by atoms with Crippen molar-refractivity contribution in [1.82, 2.24) is 0 Å². The Bertz CT molecular complexity index is 951. The average Bonchev–Trinajstić information content (AvgIpc) is 2.59. The summed E-state index contributed by atoms with van der Waals surface area (Å²) in [4.78, 5) is 8.90. The predicted octanol–water partition coefficient (Wildman–Crippen LogP) is 4.03. The van der Waals surface area contributed by atoms with Gasteiger partial charge in [0.1, 0.15) is 18.0 Å². The molecule has 2 rings (SSSR count). The molecular formula is C15H12ClF3N2O5S. The number of hydrogen-bond acceptors (Lipinski definition) is 6. The van der Waals surface area contributed by atoms with E-state index in [9.17, 15) is 31.7 Å². The molecule has 0 saturated carbocycles. The summed E-state index contributed by atoms with van der Waals surface area (Å²) < 4.78 is 65.9. The van der Waals surface area contributed by atoms with Gasteiger partial charge in [-0.3, -0.25) is 10.1 Å². The van der Waals surface area contributed by atoms with Crippen LogP contribution in [0, 0.1) is 10.1 Å². The maximum atomic E-state index is 12.6. The topological polar surface area (TPSA) is 98.5 Å². The van der Waals surface area contributed by atoms with Crippen molar-refractivity contribution in [2.45, 2.75) is 10.4 Å². The second-order valence-corrected chi connectivity index (χ2v) is 7.44. The van der Waals surface area contributed by atoms with Crippen molar-refractivity contribution < 1.29 is 31.2 Å². The fourth-order valence-electron chi connectivity index (χ4n) is 2.02. The van der Waals surface area contributed by atoms with Gasteiger partial charge in [0.05, 0.1) is 14.8 Å². The molecule has 0 spiro atoms. The summed E-state index contributed by atoms with van der Waals surface area (Å²) >= 11 is 5.90. The van der Waals surface area contributed by atoms with Gasteiger partial charge in [0.15, 0.2) is 0 Å². The minimum absolute atomic E-state index is 0.0451. The summed E-state index contributed by atoms with van der Waals surface area (Å²) in [5, 5.41) is 14.1. The van der Waals surface area contributed by atoms with Gasteiger partial charge in [0, 0.05) is 12.6 Å². The van der Waals surface area contributed by atoms with Crippen molar-refractivity contribution >= 4 is 32.8 Å². The van der Waals surface area contributed by atoms with E-state index >= 15 is 0 Å². The van der Waals surface area contributed by atoms with Gasteiger partial charge in [0.25, 0.3) is 15.5 Å². The third kappa shape index (κ3) is 4.80. The van der Waals surface area contributed by atoms with E-state index in [0.29, 0.717) is 22.9 Å². The lowest BCUT2D eigenvalue weighted by Crippen LogP contribution is -2.23. The van der Waals surface area contributed by atoms with Crippen molar-refractivity contribution in [3.63, 3.8) is 0 Å². The molecule has 1 N–H and O–H groups in total. The van der Waals surface area contributed by atoms with E-state index in [0.717, 1.165) is 6.07 Å². The SMILES string of the molecule is O=[N+]([O-])c1cc(S(=O)(=O)C(F)(F)F)ccc1NCCOc1ccccc1Cl. The van der Waals surface area contributed by atoms with Crippen LogP contribution in [-0.2, 0) is 9.84 Å². The number of hydrogen-bond donors (Lipinski definition) is 1. The maximum absolute atomic E-state index is 12.6. The number of nitrogens with one attached hydrogen (secondary N) is 1. The zero-order valence-electron chi connectivity index (χ0n) is 13.4. The highest BCUT2D eigenvalue weighted by Crippen LogP contribution is 2.34. The summed E-state index contributed by atoms with van der Waals surface area (Å²) in [7, 11) is -5.69. The van der Waals surface area contributed by atoms with Gasteiger partial charge in [-0.2, -0.15) is 13.2 Å². The number of para-hydroxylation sites is 1. The number of rotatable bonds is 7. The van der Waals surface area contributed by atoms with Gasteiger partial charge in [0.2, 0.25) is 0 Å². The standard InChI is InChI=1S/C15H12ClF3N2O5S/c16-11-3-1-2-4-14(11)26-8-7-20-12-6-5-10(9-13(12)21(22)23)27(24,25)15(17,18)19/h1-6,9,20H,7-8H2. The predicted molar refractivity (Wildman–Crippen MR) is 91.8 cm³/mol. The van der Waals surface area contributed by atoms with Crippen LogP contribution >= 0.6 is 11.6 Å². The van der Waals surface area contributed by atoms with Crippen LogP contribution in [-0.4, -0.2) is 32.0 Å². The normalized spacial score (nSPS) is 11.9. The Kier molecular flexibility index (Phi) is 6.16. The fraction of sp³-hybridized carbons (Fsp3) is 0.200. The van der Waals surface area contributed by atoms with Crippen LogP contribution in [0.2, 0.25) is 5.02 Å². The molecule has 12 heteroatoms. The first-order valence-electron chi connectivity index (χ1n) is 7.25. The van der Waals surface area contributed by atoms with Crippen LogP contribution in [0.3, 0.4) is 0 Å². The minimum atomic E-state index is -5.69. The minimum Gasteiger partial charge on any atom is -0.490 e. The lowest BCUT2D eigenvalue weighted by molar-refractivity contribution is -0.384. The van der Waals surface area contributed by atoms with Gasteiger partial charge in [-0.15, -0.1) is 0 Å². The molecule has 0 amide bonds. The summed E-state index contributed by atoms with van der Waals surface area (Å²) in [5.41, 5.74) is -6.51. The first kappa shape index (κ1) is 20.8. The number of nitro benzene ring substituents is 1. The van der Waals surface area contributed by atoms with Gasteiger partial charge >= 0.3 is 5.51 Å². The highest BCUT2D eigenvalue weighted by molar-refractivity contribution is 7.92. The van der Waals surface area contributed by atoms with E-state index in [1.54, 1.807) is 24.3 Å². The Labute approximate surface area is 156 Å². The monoisotopic (exact) mass is 424 g/mol. The second kappa shape index (κ2) is 8.01. The van der Waals surface area contributed by atoms with Crippen LogP contribution in [0.5, 0.6) is 5.75 Å². The van der Waals surface area contributed by atoms with Crippen molar-refractivity contribution in [3.8, 4) is 5.75 Å². The van der Waals surface area contributed by atoms with Crippen LogP contribution in [0.4, 0.5) is 24.5 Å². The molecule has 0 aliphatic carbocycles. The van der Waals surface area contributed by atoms with Crippen molar-refractivity contribution in [2.24, 2.45) is 0 Å². The Morgan fingerprint density at radius 2 is 1.85 bits per heavy atom. The maximum Gasteiger partial charge on any atom is 0.501 e. The summed E-state index contributed by atoms with van der Waals surface area (Å²) in [6.07, 6.45) is 0. The highest BCUT2D eigenvalue weighted by Gasteiger charge is 2.47. The van der Waals surface area contributed by atoms with Crippen LogP contribution in [0.25, 0.3) is 0 Å². The van der Waals surface area contributed by atoms with E-state index in [4.69, 9.17) is 16.3 Å². The number of ether oxygens (including phenoxy) is 1. The number of benzene rings is 2. The number of sulfone groups is 1. The third-order valence-electron chi connectivity index (χ3n) is 3.29. The molecule has 2 aromatic rings. The first-order valence-corrected chi connectivity index (χ1v) is 9.11. The van der Waals surface area contributed by atoms with E-state index in [2.05, 4.69) is 5.32 Å². The molecule has 0 bridgehead atoms. The lowest BCUT2D eigenvalue weighted by atomic mass is 10.2. The van der Waals surface area contributed by atoms with Crippen LogP contribution < -0.4 is 10.1 Å². The molecule has 146 valence electrons. The van der Waals surface area contributed by atoms with E-state index in [-0.39, 0.29) is 18.8 Å². The Morgan fingerprint density at radius 1 is 1.19 bits per heavy atom. The zero-order chi connectivity index (χ0) is 20.2. The first-order chi connectivity index (χ1) is 12.5. The molecule has 2 aromatic carbocycles. The highest BCUT2D eigenvalue weighted by atomic mass is 35.5. The zero-order valence-corrected chi connectivity index (χ0v) is 14.9. The Balaban J connectivity index is 2.13. The lowest BCUT2D eigenvalue weighted by Gasteiger charge is -2.12. The average molecular weight is 425 g/mol. The van der Waals surface area contributed by atoms with E-state index < -0.39 is 30.9 Å². The quantitative estimate of drug-likeness (QED) is 0.409. The molecule has 0 aliphatic heterocycles. The second-order valence-electron chi connectivity index (χ2n) is 5.09. The smallest absolute Gasteiger partial charge is 0.490 e. The van der Waals surface area contributed by atoms with Crippen LogP contribution in [0.15, 0.2) is 47.4 Å². The molecule has 27 heavy (non-hydrogen) atoms.